The summed E-state index contributed by atoms with van der Waals surface area (Å²) >= 11 is 0. The van der Waals surface area contributed by atoms with Gasteiger partial charge in [-0.3, -0.25) is 4.79 Å². The van der Waals surface area contributed by atoms with E-state index in [2.05, 4.69) is 5.32 Å². The minimum Gasteiger partial charge on any atom is -0.351 e. The van der Waals surface area contributed by atoms with Crippen LogP contribution in [0.1, 0.15) is 35.3 Å². The van der Waals surface area contributed by atoms with Crippen molar-refractivity contribution in [1.29, 1.82) is 0 Å². The highest BCUT2D eigenvalue weighted by atomic mass is 19.2. The zero-order valence-electron chi connectivity index (χ0n) is 13.2. The Labute approximate surface area is 133 Å². The zero-order valence-corrected chi connectivity index (χ0v) is 13.2. The Kier molecular flexibility index (Phi) is 4.78. The van der Waals surface area contributed by atoms with Crippen LogP contribution in [0.15, 0.2) is 36.4 Å². The van der Waals surface area contributed by atoms with Crippen molar-refractivity contribution in [3.63, 3.8) is 0 Å². The molecule has 0 saturated heterocycles. The molecule has 1 N–H and O–H groups in total. The molecule has 2 rings (SSSR count). The van der Waals surface area contributed by atoms with Crippen LogP contribution in [0.25, 0.3) is 0 Å². The van der Waals surface area contributed by atoms with E-state index in [0.29, 0.717) is 12.1 Å². The molecule has 0 unspecified atom stereocenters. The van der Waals surface area contributed by atoms with Crippen molar-refractivity contribution in [2.45, 2.75) is 26.2 Å². The van der Waals surface area contributed by atoms with Crippen LogP contribution in [-0.2, 0) is 5.41 Å². The third-order valence-corrected chi connectivity index (χ3v) is 3.74. The number of aryl methyl sites for hydroxylation is 1. The number of nitrogens with one attached hydrogen (secondary N) is 1. The van der Waals surface area contributed by atoms with Crippen molar-refractivity contribution in [3.8, 4) is 0 Å². The van der Waals surface area contributed by atoms with Gasteiger partial charge in [-0.15, -0.1) is 0 Å². The molecule has 0 saturated carbocycles. The van der Waals surface area contributed by atoms with Crippen LogP contribution in [0.5, 0.6) is 0 Å². The predicted octanol–water partition coefficient (Wildman–Crippen LogP) is 4.12. The lowest BCUT2D eigenvalue weighted by Crippen LogP contribution is -2.36. The fourth-order valence-electron chi connectivity index (χ4n) is 2.26. The van der Waals surface area contributed by atoms with Crippen molar-refractivity contribution in [2.75, 3.05) is 6.54 Å². The van der Waals surface area contributed by atoms with Crippen LogP contribution in [0.4, 0.5) is 13.2 Å². The van der Waals surface area contributed by atoms with Crippen LogP contribution >= 0.6 is 0 Å². The Morgan fingerprint density at radius 3 is 2.26 bits per heavy atom. The molecule has 0 spiro atoms. The molecule has 2 aromatic carbocycles. The Bertz CT molecular complexity index is 718. The van der Waals surface area contributed by atoms with Gasteiger partial charge < -0.3 is 5.32 Å². The number of halogens is 3. The highest BCUT2D eigenvalue weighted by Gasteiger charge is 2.22. The van der Waals surface area contributed by atoms with Crippen molar-refractivity contribution in [2.24, 2.45) is 0 Å². The van der Waals surface area contributed by atoms with E-state index in [1.165, 1.54) is 0 Å². The summed E-state index contributed by atoms with van der Waals surface area (Å²) in [5.41, 5.74) is 1.53. The van der Waals surface area contributed by atoms with Gasteiger partial charge in [-0.1, -0.05) is 43.7 Å². The Morgan fingerprint density at radius 1 is 1.09 bits per heavy atom. The van der Waals surface area contributed by atoms with Crippen LogP contribution in [0.3, 0.4) is 0 Å². The van der Waals surface area contributed by atoms with E-state index in [-0.39, 0.29) is 17.5 Å². The van der Waals surface area contributed by atoms with E-state index >= 15 is 0 Å². The minimum absolute atomic E-state index is 0.249. The monoisotopic (exact) mass is 321 g/mol. The first-order valence-corrected chi connectivity index (χ1v) is 7.20. The normalized spacial score (nSPS) is 11.4. The van der Waals surface area contributed by atoms with Gasteiger partial charge in [0.25, 0.3) is 5.91 Å². The van der Waals surface area contributed by atoms with Gasteiger partial charge in [-0.05, 0) is 24.6 Å². The number of carbonyl (C=O) groups is 1. The van der Waals surface area contributed by atoms with E-state index in [0.717, 1.165) is 11.1 Å². The van der Waals surface area contributed by atoms with Crippen molar-refractivity contribution in [1.82, 2.24) is 5.32 Å². The van der Waals surface area contributed by atoms with E-state index in [1.807, 2.05) is 45.0 Å². The summed E-state index contributed by atoms with van der Waals surface area (Å²) in [6.45, 7) is 6.15. The maximum absolute atomic E-state index is 13.2. The highest BCUT2D eigenvalue weighted by molar-refractivity contribution is 5.94. The Balaban J connectivity index is 2.12. The molecular formula is C18H18F3NO. The number of carbonyl (C=O) groups excluding carboxylic acids is 1. The molecule has 0 aliphatic heterocycles. The van der Waals surface area contributed by atoms with Crippen molar-refractivity contribution < 1.29 is 18.0 Å². The second kappa shape index (κ2) is 6.44. The Hall–Kier alpha value is -2.30. The summed E-state index contributed by atoms with van der Waals surface area (Å²) in [6.07, 6.45) is 0. The number of hydrogen-bond acceptors (Lipinski definition) is 1. The largest absolute Gasteiger partial charge is 0.351 e. The van der Waals surface area contributed by atoms with Gasteiger partial charge in [0, 0.05) is 17.5 Å². The standard InChI is InChI=1S/C18H18F3NO/c1-11-5-4-6-13(7-11)18(2,3)10-22-17(23)12-8-14(19)16(21)15(20)9-12/h4-9H,10H2,1-3H3,(H,22,23). The van der Waals surface area contributed by atoms with Crippen molar-refractivity contribution >= 4 is 5.91 Å². The quantitative estimate of drug-likeness (QED) is 0.843. The molecule has 2 aromatic rings. The van der Waals surface area contributed by atoms with E-state index in [4.69, 9.17) is 0 Å². The first-order chi connectivity index (χ1) is 10.7. The maximum Gasteiger partial charge on any atom is 0.251 e. The second-order valence-electron chi connectivity index (χ2n) is 6.19. The minimum atomic E-state index is -1.58. The molecule has 0 aliphatic rings. The third kappa shape index (κ3) is 3.92. The lowest BCUT2D eigenvalue weighted by atomic mass is 9.84. The molecule has 5 heteroatoms. The number of benzene rings is 2. The SMILES string of the molecule is Cc1cccc(C(C)(C)CNC(=O)c2cc(F)c(F)c(F)c2)c1. The zero-order chi connectivity index (χ0) is 17.2. The van der Waals surface area contributed by atoms with Gasteiger partial charge in [0.2, 0.25) is 0 Å². The van der Waals surface area contributed by atoms with Crippen LogP contribution in [0, 0.1) is 24.4 Å². The fraction of sp³-hybridized carbons (Fsp3) is 0.278. The molecule has 0 heterocycles. The third-order valence-electron chi connectivity index (χ3n) is 3.74. The lowest BCUT2D eigenvalue weighted by Gasteiger charge is -2.26. The summed E-state index contributed by atoms with van der Waals surface area (Å²) in [6, 6.07) is 9.25. The topological polar surface area (TPSA) is 29.1 Å². The van der Waals surface area contributed by atoms with E-state index in [9.17, 15) is 18.0 Å². The number of amides is 1. The average Bonchev–Trinajstić information content (AvgIpc) is 2.50. The van der Waals surface area contributed by atoms with Gasteiger partial charge >= 0.3 is 0 Å². The van der Waals surface area contributed by atoms with E-state index < -0.39 is 23.4 Å². The molecule has 0 radical (unpaired) electrons. The summed E-state index contributed by atoms with van der Waals surface area (Å²) in [5.74, 6) is -4.99. The second-order valence-corrected chi connectivity index (χ2v) is 6.19. The number of hydrogen-bond donors (Lipinski definition) is 1. The summed E-state index contributed by atoms with van der Waals surface area (Å²) in [5, 5.41) is 2.64. The molecule has 0 bridgehead atoms. The van der Waals surface area contributed by atoms with Crippen LogP contribution < -0.4 is 5.32 Å². The molecular weight excluding hydrogens is 303 g/mol. The van der Waals surface area contributed by atoms with E-state index in [1.54, 1.807) is 0 Å². The Morgan fingerprint density at radius 2 is 1.70 bits per heavy atom. The molecule has 0 aromatic heterocycles. The molecule has 0 fully saturated rings. The van der Waals surface area contributed by atoms with Crippen molar-refractivity contribution in [3.05, 3.63) is 70.5 Å². The van der Waals surface area contributed by atoms with Gasteiger partial charge in [-0.25, -0.2) is 13.2 Å². The molecule has 122 valence electrons. The average molecular weight is 321 g/mol. The highest BCUT2D eigenvalue weighted by Crippen LogP contribution is 2.23. The number of rotatable bonds is 4. The van der Waals surface area contributed by atoms with Gasteiger partial charge in [0.05, 0.1) is 0 Å². The molecule has 0 aliphatic carbocycles. The molecule has 23 heavy (non-hydrogen) atoms. The van der Waals surface area contributed by atoms with Crippen LogP contribution in [0.2, 0.25) is 0 Å². The van der Waals surface area contributed by atoms with Gasteiger partial charge in [0.1, 0.15) is 0 Å². The summed E-state index contributed by atoms with van der Waals surface area (Å²) < 4.78 is 39.3. The summed E-state index contributed by atoms with van der Waals surface area (Å²) in [7, 11) is 0. The fourth-order valence-corrected chi connectivity index (χ4v) is 2.26. The smallest absolute Gasteiger partial charge is 0.251 e. The van der Waals surface area contributed by atoms with Gasteiger partial charge in [0.15, 0.2) is 17.5 Å². The molecule has 2 nitrogen and oxygen atoms in total. The predicted molar refractivity (Wildman–Crippen MR) is 82.9 cm³/mol. The first kappa shape index (κ1) is 17.1. The maximum atomic E-state index is 13.2. The lowest BCUT2D eigenvalue weighted by molar-refractivity contribution is 0.0944. The molecule has 1 amide bonds. The molecule has 0 atom stereocenters. The summed E-state index contributed by atoms with van der Waals surface area (Å²) in [4.78, 5) is 12.0. The van der Waals surface area contributed by atoms with Crippen LogP contribution in [-0.4, -0.2) is 12.5 Å². The van der Waals surface area contributed by atoms with Gasteiger partial charge in [-0.2, -0.15) is 0 Å². The first-order valence-electron chi connectivity index (χ1n) is 7.20.